The van der Waals surface area contributed by atoms with Crippen LogP contribution in [0.25, 0.3) is 6.08 Å². The van der Waals surface area contributed by atoms with E-state index in [9.17, 15) is 10.1 Å². The van der Waals surface area contributed by atoms with Crippen molar-refractivity contribution in [3.8, 4) is 23.3 Å². The standard InChI is InChI=1S/C25H18BrClN2O4/c1-15-2-5-19(6-3-15)29-25(30)18(12-28)8-17-9-20(26)24(21(27)10-17)31-13-16-4-7-22-23(11-16)33-14-32-22/h2-11H,13-14H2,1H3,(H,29,30)/b18-8-. The largest absolute Gasteiger partial charge is 0.486 e. The van der Waals surface area contributed by atoms with Gasteiger partial charge in [0.05, 0.1) is 9.50 Å². The minimum Gasteiger partial charge on any atom is -0.486 e. The Morgan fingerprint density at radius 3 is 2.67 bits per heavy atom. The van der Waals surface area contributed by atoms with E-state index in [0.29, 0.717) is 38.0 Å². The van der Waals surface area contributed by atoms with Gasteiger partial charge in [-0.15, -0.1) is 0 Å². The molecule has 4 rings (SSSR count). The summed E-state index contributed by atoms with van der Waals surface area (Å²) in [5.41, 5.74) is 3.11. The second-order valence-electron chi connectivity index (χ2n) is 7.28. The van der Waals surface area contributed by atoms with Crippen molar-refractivity contribution in [2.75, 3.05) is 12.1 Å². The second kappa shape index (κ2) is 9.99. The Morgan fingerprint density at radius 1 is 1.18 bits per heavy atom. The van der Waals surface area contributed by atoms with Gasteiger partial charge in [0.2, 0.25) is 6.79 Å². The molecule has 0 atom stereocenters. The molecule has 33 heavy (non-hydrogen) atoms. The van der Waals surface area contributed by atoms with Crippen LogP contribution in [-0.4, -0.2) is 12.7 Å². The van der Waals surface area contributed by atoms with Crippen molar-refractivity contribution >= 4 is 45.2 Å². The average Bonchev–Trinajstić information content (AvgIpc) is 3.26. The molecular weight excluding hydrogens is 508 g/mol. The molecule has 0 unspecified atom stereocenters. The lowest BCUT2D eigenvalue weighted by Crippen LogP contribution is -2.13. The van der Waals surface area contributed by atoms with Crippen LogP contribution in [-0.2, 0) is 11.4 Å². The van der Waals surface area contributed by atoms with Crippen molar-refractivity contribution in [2.45, 2.75) is 13.5 Å². The number of carbonyl (C=O) groups excluding carboxylic acids is 1. The number of hydrogen-bond donors (Lipinski definition) is 1. The maximum absolute atomic E-state index is 12.5. The lowest BCUT2D eigenvalue weighted by molar-refractivity contribution is -0.112. The number of fused-ring (bicyclic) bond motifs is 1. The number of nitrogens with zero attached hydrogens (tertiary/aromatic N) is 1. The van der Waals surface area contributed by atoms with E-state index in [-0.39, 0.29) is 19.0 Å². The Morgan fingerprint density at radius 2 is 1.94 bits per heavy atom. The maximum atomic E-state index is 12.5. The van der Waals surface area contributed by atoms with Crippen LogP contribution < -0.4 is 19.5 Å². The zero-order valence-corrected chi connectivity index (χ0v) is 19.9. The predicted octanol–water partition coefficient (Wildman–Crippen LogP) is 6.26. The van der Waals surface area contributed by atoms with Gasteiger partial charge in [0.25, 0.3) is 5.91 Å². The maximum Gasteiger partial charge on any atom is 0.266 e. The van der Waals surface area contributed by atoms with Crippen molar-refractivity contribution in [3.05, 3.63) is 86.4 Å². The van der Waals surface area contributed by atoms with Crippen molar-refractivity contribution in [1.29, 1.82) is 5.26 Å². The van der Waals surface area contributed by atoms with Crippen molar-refractivity contribution in [3.63, 3.8) is 0 Å². The number of anilines is 1. The van der Waals surface area contributed by atoms with Gasteiger partial charge in [-0.05, 0) is 76.5 Å². The first kappa shape index (κ1) is 22.7. The molecule has 0 saturated heterocycles. The smallest absolute Gasteiger partial charge is 0.266 e. The topological polar surface area (TPSA) is 80.6 Å². The van der Waals surface area contributed by atoms with Crippen molar-refractivity contribution < 1.29 is 19.0 Å². The molecule has 166 valence electrons. The lowest BCUT2D eigenvalue weighted by Gasteiger charge is -2.12. The van der Waals surface area contributed by atoms with Gasteiger partial charge in [-0.1, -0.05) is 35.4 Å². The highest BCUT2D eigenvalue weighted by Gasteiger charge is 2.15. The molecule has 1 N–H and O–H groups in total. The monoisotopic (exact) mass is 524 g/mol. The van der Waals surface area contributed by atoms with Gasteiger partial charge >= 0.3 is 0 Å². The van der Waals surface area contributed by atoms with Gasteiger partial charge in [-0.2, -0.15) is 5.26 Å². The molecule has 0 bridgehead atoms. The molecule has 0 spiro atoms. The molecule has 8 heteroatoms. The number of hydrogen-bond acceptors (Lipinski definition) is 5. The highest BCUT2D eigenvalue weighted by Crippen LogP contribution is 2.37. The molecule has 1 heterocycles. The number of benzene rings is 3. The molecule has 0 aromatic heterocycles. The highest BCUT2D eigenvalue weighted by atomic mass is 79.9. The third-order valence-corrected chi connectivity index (χ3v) is 5.70. The van der Waals surface area contributed by atoms with E-state index in [2.05, 4.69) is 21.2 Å². The summed E-state index contributed by atoms with van der Waals surface area (Å²) in [5.74, 6) is 1.33. The van der Waals surface area contributed by atoms with Crippen LogP contribution in [0.2, 0.25) is 5.02 Å². The van der Waals surface area contributed by atoms with Gasteiger partial charge in [0.15, 0.2) is 17.2 Å². The summed E-state index contributed by atoms with van der Waals surface area (Å²) < 4.78 is 17.2. The fourth-order valence-electron chi connectivity index (χ4n) is 3.14. The number of rotatable bonds is 6. The van der Waals surface area contributed by atoms with Crippen LogP contribution in [0.3, 0.4) is 0 Å². The zero-order valence-electron chi connectivity index (χ0n) is 17.5. The molecule has 0 radical (unpaired) electrons. The number of amides is 1. The van der Waals surface area contributed by atoms with E-state index in [1.165, 1.54) is 6.08 Å². The Bertz CT molecular complexity index is 1260. The molecule has 3 aromatic rings. The first-order valence-electron chi connectivity index (χ1n) is 9.93. The van der Waals surface area contributed by atoms with Crippen LogP contribution in [0.15, 0.2) is 64.6 Å². The quantitative estimate of drug-likeness (QED) is 0.303. The minimum atomic E-state index is -0.503. The number of ether oxygens (including phenoxy) is 3. The fourth-order valence-corrected chi connectivity index (χ4v) is 4.13. The van der Waals surface area contributed by atoms with Gasteiger partial charge in [-0.25, -0.2) is 0 Å². The molecule has 3 aromatic carbocycles. The summed E-state index contributed by atoms with van der Waals surface area (Å²) in [5, 5.41) is 12.5. The fraction of sp³-hybridized carbons (Fsp3) is 0.120. The number of nitrogens with one attached hydrogen (secondary N) is 1. The first-order valence-corrected chi connectivity index (χ1v) is 11.1. The molecule has 1 aliphatic heterocycles. The normalized spacial score (nSPS) is 12.2. The summed E-state index contributed by atoms with van der Waals surface area (Å²) in [6.07, 6.45) is 1.47. The number of carbonyl (C=O) groups is 1. The molecule has 0 aliphatic carbocycles. The lowest BCUT2D eigenvalue weighted by atomic mass is 10.1. The van der Waals surface area contributed by atoms with Crippen molar-refractivity contribution in [1.82, 2.24) is 0 Å². The van der Waals surface area contributed by atoms with Gasteiger partial charge < -0.3 is 19.5 Å². The summed E-state index contributed by atoms with van der Waals surface area (Å²) in [6, 6.07) is 18.2. The highest BCUT2D eigenvalue weighted by molar-refractivity contribution is 9.10. The van der Waals surface area contributed by atoms with Crippen LogP contribution in [0.5, 0.6) is 17.2 Å². The Hall–Kier alpha value is -3.47. The molecule has 0 saturated carbocycles. The molecule has 6 nitrogen and oxygen atoms in total. The van der Waals surface area contributed by atoms with Crippen LogP contribution in [0.4, 0.5) is 5.69 Å². The van der Waals surface area contributed by atoms with E-state index in [4.69, 9.17) is 25.8 Å². The summed E-state index contributed by atoms with van der Waals surface area (Å²) in [6.45, 7) is 2.43. The number of aryl methyl sites for hydroxylation is 1. The van der Waals surface area contributed by atoms with E-state index >= 15 is 0 Å². The van der Waals surface area contributed by atoms with Gasteiger partial charge in [0.1, 0.15) is 18.2 Å². The predicted molar refractivity (Wildman–Crippen MR) is 129 cm³/mol. The van der Waals surface area contributed by atoms with E-state index in [0.717, 1.165) is 11.1 Å². The summed E-state index contributed by atoms with van der Waals surface area (Å²) >= 11 is 9.90. The minimum absolute atomic E-state index is 0.0485. The Balaban J connectivity index is 1.48. The number of nitriles is 1. The second-order valence-corrected chi connectivity index (χ2v) is 8.54. The molecule has 1 aliphatic rings. The first-order chi connectivity index (χ1) is 15.9. The van der Waals surface area contributed by atoms with Crippen LogP contribution in [0, 0.1) is 18.3 Å². The van der Waals surface area contributed by atoms with Crippen LogP contribution in [0.1, 0.15) is 16.7 Å². The Labute approximate surface area is 204 Å². The molecule has 1 amide bonds. The average molecular weight is 526 g/mol. The summed E-state index contributed by atoms with van der Waals surface area (Å²) in [4.78, 5) is 12.5. The van der Waals surface area contributed by atoms with E-state index < -0.39 is 5.91 Å². The molecular formula is C25H18BrClN2O4. The van der Waals surface area contributed by atoms with Crippen LogP contribution >= 0.6 is 27.5 Å². The molecule has 0 fully saturated rings. The third-order valence-electron chi connectivity index (χ3n) is 4.83. The van der Waals surface area contributed by atoms with Gasteiger partial charge in [-0.3, -0.25) is 4.79 Å². The third kappa shape index (κ3) is 5.48. The number of halogens is 2. The van der Waals surface area contributed by atoms with Gasteiger partial charge in [0, 0.05) is 5.69 Å². The van der Waals surface area contributed by atoms with Crippen molar-refractivity contribution in [2.24, 2.45) is 0 Å². The zero-order chi connectivity index (χ0) is 23.4. The summed E-state index contributed by atoms with van der Waals surface area (Å²) in [7, 11) is 0. The SMILES string of the molecule is Cc1ccc(NC(=O)/C(C#N)=C\c2cc(Cl)c(OCc3ccc4c(c3)OCO4)c(Br)c2)cc1. The Kier molecular flexibility index (Phi) is 6.87. The van der Waals surface area contributed by atoms with E-state index in [1.54, 1.807) is 24.3 Å². The van der Waals surface area contributed by atoms with E-state index in [1.807, 2.05) is 43.3 Å².